The van der Waals surface area contributed by atoms with Crippen LogP contribution in [0.15, 0.2) is 18.2 Å². The Morgan fingerprint density at radius 3 is 2.42 bits per heavy atom. The van der Waals surface area contributed by atoms with Gasteiger partial charge in [-0.3, -0.25) is 4.79 Å². The third-order valence-corrected chi connectivity index (χ3v) is 5.98. The molecule has 0 unspecified atom stereocenters. The van der Waals surface area contributed by atoms with Gasteiger partial charge in [-0.2, -0.15) is 0 Å². The van der Waals surface area contributed by atoms with Gasteiger partial charge in [-0.05, 0) is 59.4 Å². The van der Waals surface area contributed by atoms with Crippen molar-refractivity contribution in [1.29, 1.82) is 0 Å². The zero-order valence-electron chi connectivity index (χ0n) is 16.0. The van der Waals surface area contributed by atoms with Crippen LogP contribution in [0.1, 0.15) is 44.5 Å². The summed E-state index contributed by atoms with van der Waals surface area (Å²) in [5, 5.41) is 3.77. The van der Waals surface area contributed by atoms with Crippen LogP contribution in [0.5, 0.6) is 0 Å². The van der Waals surface area contributed by atoms with Crippen molar-refractivity contribution in [1.82, 2.24) is 10.2 Å². The van der Waals surface area contributed by atoms with Gasteiger partial charge in [0, 0.05) is 35.2 Å². The monoisotopic (exact) mass is 400 g/mol. The molecule has 0 saturated carbocycles. The highest BCUT2D eigenvalue weighted by molar-refractivity contribution is 6.65. The molecule has 1 N–H and O–H groups in total. The zero-order valence-corrected chi connectivity index (χ0v) is 17.5. The molecule has 1 aromatic rings. The summed E-state index contributed by atoms with van der Waals surface area (Å²) in [6.45, 7) is 9.48. The third kappa shape index (κ3) is 3.90. The molecule has 1 aromatic carbocycles. The number of carbonyl (C=O) groups is 1. The summed E-state index contributed by atoms with van der Waals surface area (Å²) in [5.41, 5.74) is 0.424. The lowest BCUT2D eigenvalue weighted by molar-refractivity contribution is 0.00578. The molecule has 2 heterocycles. The second-order valence-electron chi connectivity index (χ2n) is 7.85. The van der Waals surface area contributed by atoms with Crippen molar-refractivity contribution in [3.8, 4) is 0 Å². The van der Waals surface area contributed by atoms with Crippen LogP contribution in [0.25, 0.3) is 0 Å². The summed E-state index contributed by atoms with van der Waals surface area (Å²) in [6.07, 6.45) is 0.972. The lowest BCUT2D eigenvalue weighted by Crippen LogP contribution is -2.41. The summed E-state index contributed by atoms with van der Waals surface area (Å²) in [7, 11) is 1.35. The Morgan fingerprint density at radius 1 is 1.27 bits per heavy atom. The average molecular weight is 401 g/mol. The molecule has 0 aromatic heterocycles. The van der Waals surface area contributed by atoms with E-state index in [9.17, 15) is 4.79 Å². The molecule has 5 nitrogen and oxygen atoms in total. The molecule has 3 rings (SSSR count). The molecule has 0 spiro atoms. The van der Waals surface area contributed by atoms with E-state index in [1.807, 2.05) is 39.6 Å². The molecular formula is C18H27BCl2N2O3. The quantitative estimate of drug-likeness (QED) is 0.792. The maximum atomic E-state index is 12.8. The van der Waals surface area contributed by atoms with Crippen LogP contribution in [-0.2, 0) is 9.31 Å². The van der Waals surface area contributed by atoms with Crippen LogP contribution in [0.2, 0.25) is 5.02 Å². The lowest BCUT2D eigenvalue weighted by atomic mass is 9.78. The molecule has 0 aliphatic carbocycles. The van der Waals surface area contributed by atoms with E-state index in [0.717, 1.165) is 19.5 Å². The van der Waals surface area contributed by atoms with Gasteiger partial charge >= 0.3 is 7.12 Å². The predicted octanol–water partition coefficient (Wildman–Crippen LogP) is 2.49. The van der Waals surface area contributed by atoms with Crippen molar-refractivity contribution < 1.29 is 14.1 Å². The average Bonchev–Trinajstić information content (AvgIpc) is 3.09. The number of carbonyl (C=O) groups excluding carboxylic acids is 1. The minimum atomic E-state index is -0.575. The van der Waals surface area contributed by atoms with Crippen molar-refractivity contribution in [2.75, 3.05) is 20.1 Å². The summed E-state index contributed by atoms with van der Waals surface area (Å²) in [5.74, 6) is 0.0205. The van der Waals surface area contributed by atoms with Gasteiger partial charge in [-0.15, -0.1) is 12.4 Å². The van der Waals surface area contributed by atoms with Crippen molar-refractivity contribution in [2.24, 2.45) is 0 Å². The Bertz CT molecular complexity index is 668. The van der Waals surface area contributed by atoms with E-state index >= 15 is 0 Å². The smallest absolute Gasteiger partial charge is 0.399 e. The van der Waals surface area contributed by atoms with E-state index < -0.39 is 18.3 Å². The van der Waals surface area contributed by atoms with Crippen LogP contribution < -0.4 is 10.8 Å². The molecule has 144 valence electrons. The first-order valence-corrected chi connectivity index (χ1v) is 9.14. The van der Waals surface area contributed by atoms with E-state index in [4.69, 9.17) is 20.9 Å². The van der Waals surface area contributed by atoms with Gasteiger partial charge in [-0.1, -0.05) is 11.6 Å². The van der Waals surface area contributed by atoms with Gasteiger partial charge in [-0.25, -0.2) is 0 Å². The molecule has 2 aliphatic rings. The first-order valence-electron chi connectivity index (χ1n) is 8.76. The van der Waals surface area contributed by atoms with Gasteiger partial charge in [0.15, 0.2) is 0 Å². The fraction of sp³-hybridized carbons (Fsp3) is 0.611. The Morgan fingerprint density at radius 2 is 1.88 bits per heavy atom. The number of benzene rings is 1. The number of hydrogen-bond acceptors (Lipinski definition) is 4. The maximum absolute atomic E-state index is 12.8. The van der Waals surface area contributed by atoms with Crippen LogP contribution in [0.4, 0.5) is 0 Å². The van der Waals surface area contributed by atoms with Gasteiger partial charge in [0.25, 0.3) is 5.91 Å². The summed E-state index contributed by atoms with van der Waals surface area (Å²) in [4.78, 5) is 14.7. The predicted molar refractivity (Wildman–Crippen MR) is 108 cm³/mol. The molecule has 8 heteroatoms. The van der Waals surface area contributed by atoms with Gasteiger partial charge < -0.3 is 19.5 Å². The second kappa shape index (κ2) is 7.68. The highest BCUT2D eigenvalue weighted by atomic mass is 35.5. The van der Waals surface area contributed by atoms with Crippen LogP contribution >= 0.6 is 24.0 Å². The minimum absolute atomic E-state index is 0. The molecule has 2 aliphatic heterocycles. The molecule has 26 heavy (non-hydrogen) atoms. The van der Waals surface area contributed by atoms with Gasteiger partial charge in [0.2, 0.25) is 0 Å². The Kier molecular flexibility index (Phi) is 6.36. The van der Waals surface area contributed by atoms with Gasteiger partial charge in [0.05, 0.1) is 11.2 Å². The summed E-state index contributed by atoms with van der Waals surface area (Å²) in [6, 6.07) is 5.69. The van der Waals surface area contributed by atoms with Crippen molar-refractivity contribution in [2.45, 2.75) is 51.4 Å². The first-order chi connectivity index (χ1) is 11.6. The number of hydrogen-bond donors (Lipinski definition) is 1. The van der Waals surface area contributed by atoms with E-state index in [0.29, 0.717) is 22.1 Å². The molecule has 2 saturated heterocycles. The number of likely N-dealkylation sites (N-methyl/N-ethyl adjacent to an activating group) is 1. The molecule has 1 amide bonds. The molecule has 2 fully saturated rings. The van der Waals surface area contributed by atoms with Crippen molar-refractivity contribution in [3.63, 3.8) is 0 Å². The third-order valence-electron chi connectivity index (χ3n) is 5.63. The SMILES string of the molecule is CN[C@H]1CCN(C(=O)c2ccc(Cl)c(B3OC(C)(C)C(C)(C)O3)c2)C1.Cl. The van der Waals surface area contributed by atoms with E-state index in [2.05, 4.69) is 5.32 Å². The number of rotatable bonds is 3. The number of nitrogens with zero attached hydrogens (tertiary/aromatic N) is 1. The molecule has 0 bridgehead atoms. The summed E-state index contributed by atoms with van der Waals surface area (Å²) < 4.78 is 12.2. The Balaban J connectivity index is 0.00000243. The highest BCUT2D eigenvalue weighted by Gasteiger charge is 2.52. The fourth-order valence-corrected chi connectivity index (χ4v) is 3.40. The standard InChI is InChI=1S/C18H26BClN2O3.ClH/c1-17(2)18(3,4)25-19(24-17)14-10-12(6-7-15(14)20)16(23)22-9-8-13(11-22)21-5;/h6-7,10,13,21H,8-9,11H2,1-5H3;1H/t13-;/m0./s1. The van der Waals surface area contributed by atoms with Crippen molar-refractivity contribution >= 4 is 42.5 Å². The van der Waals surface area contributed by atoms with Crippen LogP contribution in [0, 0.1) is 0 Å². The minimum Gasteiger partial charge on any atom is -0.399 e. The van der Waals surface area contributed by atoms with E-state index in [1.54, 1.807) is 18.2 Å². The number of amides is 1. The Hall–Kier alpha value is -0.785. The Labute approximate surface area is 167 Å². The molecule has 1 atom stereocenters. The molecular weight excluding hydrogens is 374 g/mol. The highest BCUT2D eigenvalue weighted by Crippen LogP contribution is 2.37. The maximum Gasteiger partial charge on any atom is 0.496 e. The normalized spacial score (nSPS) is 23.8. The van der Waals surface area contributed by atoms with Gasteiger partial charge in [0.1, 0.15) is 0 Å². The number of likely N-dealkylation sites (tertiary alicyclic amines) is 1. The molecule has 0 radical (unpaired) electrons. The topological polar surface area (TPSA) is 50.8 Å². The first kappa shape index (κ1) is 21.5. The summed E-state index contributed by atoms with van der Waals surface area (Å²) >= 11 is 6.38. The lowest BCUT2D eigenvalue weighted by Gasteiger charge is -2.32. The van der Waals surface area contributed by atoms with Crippen molar-refractivity contribution in [3.05, 3.63) is 28.8 Å². The fourth-order valence-electron chi connectivity index (χ4n) is 3.19. The van der Waals surface area contributed by atoms with E-state index in [1.165, 1.54) is 0 Å². The van der Waals surface area contributed by atoms with E-state index in [-0.39, 0.29) is 18.3 Å². The largest absolute Gasteiger partial charge is 0.496 e. The van der Waals surface area contributed by atoms with Crippen LogP contribution in [-0.4, -0.2) is 55.3 Å². The zero-order chi connectivity index (χ0) is 18.4. The number of halogens is 2. The number of nitrogens with one attached hydrogen (secondary N) is 1. The van der Waals surface area contributed by atoms with Crippen LogP contribution in [0.3, 0.4) is 0 Å². The second-order valence-corrected chi connectivity index (χ2v) is 8.26.